The van der Waals surface area contributed by atoms with Gasteiger partial charge in [-0.2, -0.15) is 0 Å². The molecule has 0 atom stereocenters. The molecule has 2 rings (SSSR count). The SMILES string of the molecule is CCCNCc1ccoc1COc1ccc(OCC)cc1. The highest BCUT2D eigenvalue weighted by molar-refractivity contribution is 5.31. The summed E-state index contributed by atoms with van der Waals surface area (Å²) >= 11 is 0. The molecule has 0 radical (unpaired) electrons. The summed E-state index contributed by atoms with van der Waals surface area (Å²) in [7, 11) is 0. The lowest BCUT2D eigenvalue weighted by atomic mass is 10.2. The van der Waals surface area contributed by atoms with Crippen LogP contribution in [0.5, 0.6) is 11.5 Å². The van der Waals surface area contributed by atoms with E-state index in [1.807, 2.05) is 37.3 Å². The molecular formula is C17H23NO3. The van der Waals surface area contributed by atoms with Gasteiger partial charge in [0.1, 0.15) is 23.9 Å². The predicted molar refractivity (Wildman–Crippen MR) is 82.6 cm³/mol. The van der Waals surface area contributed by atoms with Crippen LogP contribution in [-0.4, -0.2) is 13.2 Å². The number of hydrogen-bond acceptors (Lipinski definition) is 4. The first-order chi connectivity index (χ1) is 10.3. The molecule has 4 nitrogen and oxygen atoms in total. The molecule has 0 aliphatic heterocycles. The number of ether oxygens (including phenoxy) is 2. The van der Waals surface area contributed by atoms with E-state index >= 15 is 0 Å². The van der Waals surface area contributed by atoms with Crippen molar-refractivity contribution in [3.8, 4) is 11.5 Å². The maximum absolute atomic E-state index is 5.75. The van der Waals surface area contributed by atoms with Crippen molar-refractivity contribution in [3.63, 3.8) is 0 Å². The van der Waals surface area contributed by atoms with Crippen LogP contribution in [0.2, 0.25) is 0 Å². The second kappa shape index (κ2) is 8.37. The van der Waals surface area contributed by atoms with Crippen LogP contribution >= 0.6 is 0 Å². The van der Waals surface area contributed by atoms with E-state index in [0.717, 1.165) is 42.3 Å². The lowest BCUT2D eigenvalue weighted by Crippen LogP contribution is -2.14. The zero-order chi connectivity index (χ0) is 14.9. The Morgan fingerprint density at radius 3 is 2.38 bits per heavy atom. The lowest BCUT2D eigenvalue weighted by molar-refractivity contribution is 0.267. The molecule has 0 saturated carbocycles. The summed E-state index contributed by atoms with van der Waals surface area (Å²) in [5.41, 5.74) is 1.15. The topological polar surface area (TPSA) is 43.6 Å². The van der Waals surface area contributed by atoms with E-state index in [2.05, 4.69) is 12.2 Å². The number of nitrogens with one attached hydrogen (secondary N) is 1. The summed E-state index contributed by atoms with van der Waals surface area (Å²) in [6, 6.07) is 9.61. The van der Waals surface area contributed by atoms with E-state index < -0.39 is 0 Å². The summed E-state index contributed by atoms with van der Waals surface area (Å²) in [4.78, 5) is 0. The van der Waals surface area contributed by atoms with Gasteiger partial charge in [0, 0.05) is 12.1 Å². The Hall–Kier alpha value is -1.94. The van der Waals surface area contributed by atoms with Crippen molar-refractivity contribution >= 4 is 0 Å². The molecule has 0 fully saturated rings. The van der Waals surface area contributed by atoms with Crippen LogP contribution in [0.3, 0.4) is 0 Å². The minimum Gasteiger partial charge on any atom is -0.494 e. The van der Waals surface area contributed by atoms with Gasteiger partial charge >= 0.3 is 0 Å². The zero-order valence-electron chi connectivity index (χ0n) is 12.7. The number of hydrogen-bond donors (Lipinski definition) is 1. The molecule has 0 spiro atoms. The first kappa shape index (κ1) is 15.4. The van der Waals surface area contributed by atoms with Gasteiger partial charge in [0.15, 0.2) is 0 Å². The maximum Gasteiger partial charge on any atom is 0.146 e. The van der Waals surface area contributed by atoms with Crippen LogP contribution in [0.25, 0.3) is 0 Å². The number of furan rings is 1. The van der Waals surface area contributed by atoms with Crippen LogP contribution in [0.15, 0.2) is 41.0 Å². The highest BCUT2D eigenvalue weighted by Gasteiger charge is 2.07. The Kier molecular flexibility index (Phi) is 6.16. The molecule has 0 aliphatic rings. The highest BCUT2D eigenvalue weighted by atomic mass is 16.5. The largest absolute Gasteiger partial charge is 0.494 e. The van der Waals surface area contributed by atoms with E-state index in [4.69, 9.17) is 13.9 Å². The molecular weight excluding hydrogens is 266 g/mol. The Bertz CT molecular complexity index is 519. The third kappa shape index (κ3) is 4.83. The molecule has 1 heterocycles. The summed E-state index contributed by atoms with van der Waals surface area (Å²) < 4.78 is 16.6. The summed E-state index contributed by atoms with van der Waals surface area (Å²) in [6.07, 6.45) is 2.83. The predicted octanol–water partition coefficient (Wildman–Crippen LogP) is 3.76. The summed E-state index contributed by atoms with van der Waals surface area (Å²) in [5, 5.41) is 3.37. The molecule has 4 heteroatoms. The molecule has 1 N–H and O–H groups in total. The van der Waals surface area contributed by atoms with Crippen molar-refractivity contribution in [1.82, 2.24) is 5.32 Å². The van der Waals surface area contributed by atoms with Crippen molar-refractivity contribution in [2.45, 2.75) is 33.4 Å². The van der Waals surface area contributed by atoms with Gasteiger partial charge in [0.25, 0.3) is 0 Å². The minimum atomic E-state index is 0.435. The van der Waals surface area contributed by atoms with Crippen LogP contribution in [-0.2, 0) is 13.2 Å². The fourth-order valence-corrected chi connectivity index (χ4v) is 2.00. The van der Waals surface area contributed by atoms with E-state index in [-0.39, 0.29) is 0 Å². The molecule has 1 aromatic heterocycles. The van der Waals surface area contributed by atoms with Crippen LogP contribution in [0.4, 0.5) is 0 Å². The molecule has 2 aromatic rings. The second-order valence-electron chi connectivity index (χ2n) is 4.74. The lowest BCUT2D eigenvalue weighted by Gasteiger charge is -2.08. The average Bonchev–Trinajstić information content (AvgIpc) is 2.95. The van der Waals surface area contributed by atoms with Crippen molar-refractivity contribution in [2.24, 2.45) is 0 Å². The smallest absolute Gasteiger partial charge is 0.146 e. The molecule has 0 unspecified atom stereocenters. The zero-order valence-corrected chi connectivity index (χ0v) is 12.7. The van der Waals surface area contributed by atoms with Gasteiger partial charge < -0.3 is 19.2 Å². The van der Waals surface area contributed by atoms with Crippen molar-refractivity contribution in [1.29, 1.82) is 0 Å². The Labute approximate surface area is 126 Å². The molecule has 0 saturated heterocycles. The summed E-state index contributed by atoms with van der Waals surface area (Å²) in [6.45, 7) is 7.04. The molecule has 0 bridgehead atoms. The Balaban J connectivity index is 1.86. The Morgan fingerprint density at radius 1 is 1.00 bits per heavy atom. The van der Waals surface area contributed by atoms with Crippen LogP contribution in [0, 0.1) is 0 Å². The second-order valence-corrected chi connectivity index (χ2v) is 4.74. The van der Waals surface area contributed by atoms with Gasteiger partial charge in [-0.15, -0.1) is 0 Å². The first-order valence-electron chi connectivity index (χ1n) is 7.45. The third-order valence-corrected chi connectivity index (χ3v) is 3.08. The van der Waals surface area contributed by atoms with Crippen molar-refractivity contribution in [3.05, 3.63) is 47.9 Å². The van der Waals surface area contributed by atoms with Crippen LogP contribution in [0.1, 0.15) is 31.6 Å². The third-order valence-electron chi connectivity index (χ3n) is 3.08. The van der Waals surface area contributed by atoms with Crippen LogP contribution < -0.4 is 14.8 Å². The number of benzene rings is 1. The fourth-order valence-electron chi connectivity index (χ4n) is 2.00. The number of rotatable bonds is 9. The molecule has 21 heavy (non-hydrogen) atoms. The highest BCUT2D eigenvalue weighted by Crippen LogP contribution is 2.20. The maximum atomic E-state index is 5.75. The van der Waals surface area contributed by atoms with Gasteiger partial charge in [-0.05, 0) is 50.2 Å². The van der Waals surface area contributed by atoms with Gasteiger partial charge in [0.2, 0.25) is 0 Å². The Morgan fingerprint density at radius 2 is 1.71 bits per heavy atom. The fraction of sp³-hybridized carbons (Fsp3) is 0.412. The van der Waals surface area contributed by atoms with E-state index in [0.29, 0.717) is 13.2 Å². The molecule has 1 aromatic carbocycles. The van der Waals surface area contributed by atoms with E-state index in [1.54, 1.807) is 6.26 Å². The monoisotopic (exact) mass is 289 g/mol. The van der Waals surface area contributed by atoms with Gasteiger partial charge in [0.05, 0.1) is 12.9 Å². The minimum absolute atomic E-state index is 0.435. The van der Waals surface area contributed by atoms with Gasteiger partial charge in [-0.1, -0.05) is 6.92 Å². The molecule has 0 aliphatic carbocycles. The van der Waals surface area contributed by atoms with Crippen molar-refractivity contribution in [2.75, 3.05) is 13.2 Å². The average molecular weight is 289 g/mol. The van der Waals surface area contributed by atoms with Crippen molar-refractivity contribution < 1.29 is 13.9 Å². The quantitative estimate of drug-likeness (QED) is 0.714. The molecule has 114 valence electrons. The first-order valence-corrected chi connectivity index (χ1v) is 7.45. The van der Waals surface area contributed by atoms with E-state index in [9.17, 15) is 0 Å². The summed E-state index contributed by atoms with van der Waals surface area (Å²) in [5.74, 6) is 2.53. The normalized spacial score (nSPS) is 10.6. The molecule has 0 amide bonds. The van der Waals surface area contributed by atoms with E-state index in [1.165, 1.54) is 0 Å². The van der Waals surface area contributed by atoms with Gasteiger partial charge in [-0.25, -0.2) is 0 Å². The van der Waals surface area contributed by atoms with Gasteiger partial charge in [-0.3, -0.25) is 0 Å². The standard InChI is InChI=1S/C17H23NO3/c1-3-10-18-12-14-9-11-20-17(14)13-21-16-7-5-15(6-8-16)19-4-2/h5-9,11,18H,3-4,10,12-13H2,1-2H3.